The Labute approximate surface area is 169 Å². The number of benzene rings is 2. The zero-order valence-corrected chi connectivity index (χ0v) is 16.2. The van der Waals surface area contributed by atoms with Gasteiger partial charge >= 0.3 is 0 Å². The lowest BCUT2D eigenvalue weighted by Crippen LogP contribution is -2.42. The summed E-state index contributed by atoms with van der Waals surface area (Å²) in [5, 5.41) is 1.82. The summed E-state index contributed by atoms with van der Waals surface area (Å²) in [6.07, 6.45) is 3.45. The molecule has 0 saturated carbocycles. The van der Waals surface area contributed by atoms with Gasteiger partial charge in [0.1, 0.15) is 0 Å². The number of carbonyl (C=O) groups is 2. The maximum atomic E-state index is 12.0. The third-order valence-corrected chi connectivity index (χ3v) is 4.94. The second-order valence-corrected chi connectivity index (χ2v) is 7.17. The third kappa shape index (κ3) is 5.26. The van der Waals surface area contributed by atoms with Gasteiger partial charge in [0.05, 0.1) is 5.75 Å². The maximum absolute atomic E-state index is 12.0. The van der Waals surface area contributed by atoms with E-state index in [4.69, 9.17) is 23.2 Å². The summed E-state index contributed by atoms with van der Waals surface area (Å²) in [5.41, 5.74) is 6.02. The van der Waals surface area contributed by atoms with Gasteiger partial charge in [-0.2, -0.15) is 0 Å². The van der Waals surface area contributed by atoms with Crippen LogP contribution in [-0.2, 0) is 4.79 Å². The summed E-state index contributed by atoms with van der Waals surface area (Å²) in [7, 11) is 0. The lowest BCUT2D eigenvalue weighted by molar-refractivity contribution is -0.119. The van der Waals surface area contributed by atoms with E-state index < -0.39 is 5.91 Å². The molecule has 138 valence electrons. The highest BCUT2D eigenvalue weighted by atomic mass is 35.5. The van der Waals surface area contributed by atoms with Gasteiger partial charge in [0.25, 0.3) is 5.91 Å². The highest BCUT2D eigenvalue weighted by Gasteiger charge is 2.11. The number of hydrogen-bond donors (Lipinski definition) is 2. The molecule has 0 fully saturated rings. The average molecular weight is 421 g/mol. The molecule has 1 aromatic heterocycles. The molecule has 2 aromatic carbocycles. The Kier molecular flexibility index (Phi) is 6.39. The number of hydrogen-bond acceptors (Lipinski definition) is 4. The highest BCUT2D eigenvalue weighted by molar-refractivity contribution is 7.99. The van der Waals surface area contributed by atoms with E-state index in [1.807, 2.05) is 16.7 Å². The number of rotatable bonds is 5. The van der Waals surface area contributed by atoms with E-state index in [0.29, 0.717) is 20.8 Å². The molecule has 3 aromatic rings. The molecule has 2 amide bonds. The Bertz CT molecular complexity index is 943. The van der Waals surface area contributed by atoms with E-state index >= 15 is 0 Å². The van der Waals surface area contributed by atoms with Crippen molar-refractivity contribution < 1.29 is 9.59 Å². The first-order valence-corrected chi connectivity index (χ1v) is 9.54. The SMILES string of the molecule is O=C(CSc1nccn1-c1ccc(Cl)cc1)NNC(=O)c1ccc(Cl)cc1. The summed E-state index contributed by atoms with van der Waals surface area (Å²) in [4.78, 5) is 28.2. The van der Waals surface area contributed by atoms with E-state index in [0.717, 1.165) is 5.69 Å². The lowest BCUT2D eigenvalue weighted by Gasteiger charge is -2.09. The van der Waals surface area contributed by atoms with Crippen molar-refractivity contribution in [1.29, 1.82) is 0 Å². The molecule has 0 spiro atoms. The van der Waals surface area contributed by atoms with Crippen molar-refractivity contribution in [3.8, 4) is 5.69 Å². The van der Waals surface area contributed by atoms with Gasteiger partial charge in [0, 0.05) is 33.7 Å². The van der Waals surface area contributed by atoms with Crippen molar-refractivity contribution in [2.75, 3.05) is 5.75 Å². The van der Waals surface area contributed by atoms with Gasteiger partial charge in [-0.1, -0.05) is 35.0 Å². The predicted octanol–water partition coefficient (Wildman–Crippen LogP) is 3.73. The van der Waals surface area contributed by atoms with Gasteiger partial charge in [-0.25, -0.2) is 4.98 Å². The number of thioether (sulfide) groups is 1. The third-order valence-electron chi connectivity index (χ3n) is 3.47. The van der Waals surface area contributed by atoms with Crippen molar-refractivity contribution in [2.24, 2.45) is 0 Å². The van der Waals surface area contributed by atoms with E-state index in [1.54, 1.807) is 48.8 Å². The second kappa shape index (κ2) is 8.94. The predicted molar refractivity (Wildman–Crippen MR) is 106 cm³/mol. The summed E-state index contributed by atoms with van der Waals surface area (Å²) >= 11 is 12.9. The number of carbonyl (C=O) groups excluding carboxylic acids is 2. The Hall–Kier alpha value is -2.48. The molecule has 1 heterocycles. The Morgan fingerprint density at radius 1 is 0.963 bits per heavy atom. The van der Waals surface area contributed by atoms with Gasteiger partial charge in [-0.3, -0.25) is 25.0 Å². The fraction of sp³-hybridized carbons (Fsp3) is 0.0556. The van der Waals surface area contributed by atoms with E-state index in [1.165, 1.54) is 11.8 Å². The summed E-state index contributed by atoms with van der Waals surface area (Å²) in [6, 6.07) is 13.6. The van der Waals surface area contributed by atoms with Gasteiger partial charge in [-0.15, -0.1) is 0 Å². The van der Waals surface area contributed by atoms with E-state index in [9.17, 15) is 9.59 Å². The molecule has 0 aliphatic heterocycles. The Balaban J connectivity index is 1.52. The van der Waals surface area contributed by atoms with Crippen LogP contribution in [-0.4, -0.2) is 27.1 Å². The molecular weight excluding hydrogens is 407 g/mol. The van der Waals surface area contributed by atoms with Crippen molar-refractivity contribution in [2.45, 2.75) is 5.16 Å². The summed E-state index contributed by atoms with van der Waals surface area (Å²) < 4.78 is 1.85. The van der Waals surface area contributed by atoms with Crippen LogP contribution in [0.5, 0.6) is 0 Å². The van der Waals surface area contributed by atoms with Gasteiger partial charge < -0.3 is 0 Å². The molecule has 9 heteroatoms. The number of aromatic nitrogens is 2. The minimum Gasteiger partial charge on any atom is -0.295 e. The van der Waals surface area contributed by atoms with Crippen LogP contribution in [0.25, 0.3) is 5.69 Å². The fourth-order valence-corrected chi connectivity index (χ4v) is 3.19. The van der Waals surface area contributed by atoms with Crippen LogP contribution < -0.4 is 10.9 Å². The topological polar surface area (TPSA) is 76.0 Å². The molecule has 2 N–H and O–H groups in total. The fourth-order valence-electron chi connectivity index (χ4n) is 2.16. The molecule has 0 unspecified atom stereocenters. The number of hydrazine groups is 1. The minimum atomic E-state index is -0.423. The van der Waals surface area contributed by atoms with Crippen LogP contribution in [0.3, 0.4) is 0 Å². The molecular formula is C18H14Cl2N4O2S. The van der Waals surface area contributed by atoms with Gasteiger partial charge in [0.2, 0.25) is 5.91 Å². The average Bonchev–Trinajstić information content (AvgIpc) is 3.14. The van der Waals surface area contributed by atoms with Crippen molar-refractivity contribution >= 4 is 46.8 Å². The molecule has 3 rings (SSSR count). The molecule has 6 nitrogen and oxygen atoms in total. The molecule has 0 aliphatic carbocycles. The van der Waals surface area contributed by atoms with Crippen LogP contribution >= 0.6 is 35.0 Å². The van der Waals surface area contributed by atoms with Crippen LogP contribution in [0.1, 0.15) is 10.4 Å². The van der Waals surface area contributed by atoms with E-state index in [2.05, 4.69) is 15.8 Å². The number of nitrogens with one attached hydrogen (secondary N) is 2. The molecule has 0 saturated heterocycles. The van der Waals surface area contributed by atoms with Crippen LogP contribution in [0.15, 0.2) is 66.1 Å². The summed E-state index contributed by atoms with van der Waals surface area (Å²) in [5.74, 6) is -0.688. The van der Waals surface area contributed by atoms with Crippen molar-refractivity contribution in [3.05, 3.63) is 76.5 Å². The quantitative estimate of drug-likeness (QED) is 0.486. The minimum absolute atomic E-state index is 0.0888. The van der Waals surface area contributed by atoms with Crippen LogP contribution in [0, 0.1) is 0 Å². The number of nitrogens with zero attached hydrogens (tertiary/aromatic N) is 2. The molecule has 0 aliphatic rings. The van der Waals surface area contributed by atoms with Crippen LogP contribution in [0.2, 0.25) is 10.0 Å². The Morgan fingerprint density at radius 3 is 2.26 bits per heavy atom. The molecule has 0 radical (unpaired) electrons. The molecule has 0 atom stereocenters. The second-order valence-electron chi connectivity index (χ2n) is 5.35. The van der Waals surface area contributed by atoms with E-state index in [-0.39, 0.29) is 11.7 Å². The smallest absolute Gasteiger partial charge is 0.269 e. The summed E-state index contributed by atoms with van der Waals surface area (Å²) in [6.45, 7) is 0. The first-order valence-electron chi connectivity index (χ1n) is 7.80. The number of amides is 2. The maximum Gasteiger partial charge on any atom is 0.269 e. The van der Waals surface area contributed by atoms with Gasteiger partial charge in [-0.05, 0) is 48.5 Å². The normalized spacial score (nSPS) is 10.4. The lowest BCUT2D eigenvalue weighted by atomic mass is 10.2. The van der Waals surface area contributed by atoms with Crippen molar-refractivity contribution in [1.82, 2.24) is 20.4 Å². The monoisotopic (exact) mass is 420 g/mol. The number of imidazole rings is 1. The first-order chi connectivity index (χ1) is 13.0. The molecule has 27 heavy (non-hydrogen) atoms. The Morgan fingerprint density at radius 2 is 1.59 bits per heavy atom. The molecule has 0 bridgehead atoms. The van der Waals surface area contributed by atoms with Crippen molar-refractivity contribution in [3.63, 3.8) is 0 Å². The standard InChI is InChI=1S/C18H14Cl2N4O2S/c19-13-3-1-12(2-4-13)17(26)23-22-16(25)11-27-18-21-9-10-24(18)15-7-5-14(20)6-8-15/h1-10H,11H2,(H,22,25)(H,23,26). The van der Waals surface area contributed by atoms with Gasteiger partial charge in [0.15, 0.2) is 5.16 Å². The largest absolute Gasteiger partial charge is 0.295 e. The highest BCUT2D eigenvalue weighted by Crippen LogP contribution is 2.21. The zero-order chi connectivity index (χ0) is 19.2. The van der Waals surface area contributed by atoms with Crippen LogP contribution in [0.4, 0.5) is 0 Å². The zero-order valence-electron chi connectivity index (χ0n) is 13.9. The number of halogens is 2. The first kappa shape index (κ1) is 19.3.